The zero-order chi connectivity index (χ0) is 22.1. The molecule has 0 fully saturated rings. The molecule has 4 rings (SSSR count). The molecule has 0 saturated carbocycles. The number of carbonyl (C=O) groups excluding carboxylic acids is 1. The van der Waals surface area contributed by atoms with E-state index in [0.717, 1.165) is 0 Å². The summed E-state index contributed by atoms with van der Waals surface area (Å²) in [5, 5.41) is 13.1. The molecular weight excluding hydrogens is 443 g/mol. The van der Waals surface area contributed by atoms with Gasteiger partial charge in [0.15, 0.2) is 5.82 Å². The third kappa shape index (κ3) is 4.03. The number of rotatable bonds is 5. The summed E-state index contributed by atoms with van der Waals surface area (Å²) in [5.74, 6) is -1.32. The van der Waals surface area contributed by atoms with E-state index in [9.17, 15) is 14.4 Å². The lowest BCUT2D eigenvalue weighted by Crippen LogP contribution is -2.26. The second-order valence-electron chi connectivity index (χ2n) is 6.60. The molecule has 0 spiro atoms. The van der Waals surface area contributed by atoms with Crippen LogP contribution in [-0.4, -0.2) is 31.5 Å². The molecule has 0 atom stereocenters. The first-order chi connectivity index (χ1) is 14.8. The van der Waals surface area contributed by atoms with Gasteiger partial charge in [0, 0.05) is 29.3 Å². The Kier molecular flexibility index (Phi) is 5.50. The first-order valence-electron chi connectivity index (χ1n) is 9.00. The Bertz CT molecular complexity index is 1390. The van der Waals surface area contributed by atoms with Crippen molar-refractivity contribution in [1.29, 1.82) is 0 Å². The lowest BCUT2D eigenvalue weighted by molar-refractivity contribution is 0.0695. The molecule has 0 aliphatic carbocycles. The third-order valence-electron chi connectivity index (χ3n) is 4.62. The lowest BCUT2D eigenvalue weighted by atomic mass is 10.1. The number of nitrogens with one attached hydrogen (secondary N) is 2. The van der Waals surface area contributed by atoms with E-state index in [-0.39, 0.29) is 6.54 Å². The van der Waals surface area contributed by atoms with Gasteiger partial charge >= 0.3 is 5.97 Å². The van der Waals surface area contributed by atoms with Crippen molar-refractivity contribution in [3.05, 3.63) is 92.1 Å². The standard InChI is InChI=1S/C21H14Cl2N4O4/c22-13-7-11-9-14(21(30)31)19(28)26-17(11)12(8-13)10-25-20(29)16-4-2-6-27(16)18-15(23)3-1-5-24-18/h1-9H,10H2,(H,25,29)(H,26,28)(H,30,31). The minimum Gasteiger partial charge on any atom is -0.477 e. The largest absolute Gasteiger partial charge is 0.477 e. The number of hydrogen-bond acceptors (Lipinski definition) is 4. The SMILES string of the molecule is O=C(O)c1cc2cc(Cl)cc(CNC(=O)c3cccn3-c3ncccc3Cl)c2[nH]c1=O. The number of benzene rings is 1. The normalized spacial score (nSPS) is 10.9. The van der Waals surface area contributed by atoms with Crippen molar-refractivity contribution in [1.82, 2.24) is 19.9 Å². The maximum absolute atomic E-state index is 12.8. The number of carboxylic acid groups (broad SMARTS) is 1. The number of carboxylic acids is 1. The molecule has 3 N–H and O–H groups in total. The Balaban J connectivity index is 1.65. The fraction of sp³-hybridized carbons (Fsp3) is 0.0476. The highest BCUT2D eigenvalue weighted by Crippen LogP contribution is 2.23. The summed E-state index contributed by atoms with van der Waals surface area (Å²) in [6.45, 7) is 0.0411. The Morgan fingerprint density at radius 1 is 1.16 bits per heavy atom. The number of fused-ring (bicyclic) bond motifs is 1. The van der Waals surface area contributed by atoms with Crippen LogP contribution < -0.4 is 10.9 Å². The van der Waals surface area contributed by atoms with Gasteiger partial charge in [-0.25, -0.2) is 9.78 Å². The molecule has 0 bridgehead atoms. The van der Waals surface area contributed by atoms with Crippen LogP contribution in [0, 0.1) is 0 Å². The van der Waals surface area contributed by atoms with Crippen molar-refractivity contribution in [2.24, 2.45) is 0 Å². The topological polar surface area (TPSA) is 117 Å². The van der Waals surface area contributed by atoms with Gasteiger partial charge in [-0.15, -0.1) is 0 Å². The average molecular weight is 457 g/mol. The predicted molar refractivity (Wildman–Crippen MR) is 116 cm³/mol. The van der Waals surface area contributed by atoms with Gasteiger partial charge < -0.3 is 15.4 Å². The molecule has 0 aliphatic heterocycles. The number of halogens is 2. The Morgan fingerprint density at radius 3 is 2.71 bits per heavy atom. The quantitative estimate of drug-likeness (QED) is 0.423. The van der Waals surface area contributed by atoms with E-state index in [2.05, 4.69) is 15.3 Å². The van der Waals surface area contributed by atoms with Crippen molar-refractivity contribution in [2.45, 2.75) is 6.54 Å². The van der Waals surface area contributed by atoms with E-state index in [0.29, 0.717) is 38.0 Å². The van der Waals surface area contributed by atoms with E-state index < -0.39 is 23.0 Å². The molecular formula is C21H14Cl2N4O4. The van der Waals surface area contributed by atoms with Gasteiger partial charge in [-0.2, -0.15) is 0 Å². The summed E-state index contributed by atoms with van der Waals surface area (Å²) in [4.78, 5) is 42.9. The van der Waals surface area contributed by atoms with E-state index >= 15 is 0 Å². The zero-order valence-electron chi connectivity index (χ0n) is 15.7. The Morgan fingerprint density at radius 2 is 1.97 bits per heavy atom. The van der Waals surface area contributed by atoms with Crippen LogP contribution in [-0.2, 0) is 6.54 Å². The molecule has 3 aromatic heterocycles. The maximum Gasteiger partial charge on any atom is 0.341 e. The number of aromatic amines is 1. The molecule has 0 aliphatic rings. The van der Waals surface area contributed by atoms with E-state index in [4.69, 9.17) is 28.3 Å². The van der Waals surface area contributed by atoms with Gasteiger partial charge in [0.2, 0.25) is 0 Å². The van der Waals surface area contributed by atoms with Crippen molar-refractivity contribution >= 4 is 46.0 Å². The van der Waals surface area contributed by atoms with Crippen molar-refractivity contribution in [2.75, 3.05) is 0 Å². The molecule has 1 aromatic carbocycles. The molecule has 156 valence electrons. The van der Waals surface area contributed by atoms with Crippen LogP contribution in [0.5, 0.6) is 0 Å². The average Bonchev–Trinajstić information content (AvgIpc) is 3.21. The van der Waals surface area contributed by atoms with Crippen molar-refractivity contribution in [3.8, 4) is 5.82 Å². The predicted octanol–water partition coefficient (Wildman–Crippen LogP) is 3.65. The highest BCUT2D eigenvalue weighted by atomic mass is 35.5. The number of amides is 1. The summed E-state index contributed by atoms with van der Waals surface area (Å²) in [5.41, 5.74) is 0.0960. The molecule has 0 unspecified atom stereocenters. The summed E-state index contributed by atoms with van der Waals surface area (Å²) < 4.78 is 1.56. The number of H-pyrrole nitrogens is 1. The second-order valence-corrected chi connectivity index (χ2v) is 7.45. The van der Waals surface area contributed by atoms with Crippen molar-refractivity contribution < 1.29 is 14.7 Å². The molecule has 4 aromatic rings. The fourth-order valence-corrected chi connectivity index (χ4v) is 3.69. The third-order valence-corrected chi connectivity index (χ3v) is 5.13. The molecule has 0 radical (unpaired) electrons. The molecule has 8 nitrogen and oxygen atoms in total. The highest BCUT2D eigenvalue weighted by molar-refractivity contribution is 6.32. The summed E-state index contributed by atoms with van der Waals surface area (Å²) in [7, 11) is 0. The number of aromatic carboxylic acids is 1. The Hall–Kier alpha value is -3.62. The number of nitrogens with zero attached hydrogens (tertiary/aromatic N) is 2. The van der Waals surface area contributed by atoms with Crippen molar-refractivity contribution in [3.63, 3.8) is 0 Å². The molecule has 0 saturated heterocycles. The Labute approximate surface area is 185 Å². The lowest BCUT2D eigenvalue weighted by Gasteiger charge is -2.12. The van der Waals surface area contributed by atoms with Crippen LogP contribution in [0.1, 0.15) is 26.4 Å². The number of carbonyl (C=O) groups is 2. The van der Waals surface area contributed by atoms with Crippen LogP contribution in [0.4, 0.5) is 0 Å². The van der Waals surface area contributed by atoms with Crippen LogP contribution >= 0.6 is 23.2 Å². The minimum atomic E-state index is -1.34. The van der Waals surface area contributed by atoms with Crippen LogP contribution in [0.3, 0.4) is 0 Å². The number of aromatic nitrogens is 3. The smallest absolute Gasteiger partial charge is 0.341 e. The minimum absolute atomic E-state index is 0.0411. The van der Waals surface area contributed by atoms with Gasteiger partial charge in [0.25, 0.3) is 11.5 Å². The van der Waals surface area contributed by atoms with E-state index in [1.165, 1.54) is 6.07 Å². The van der Waals surface area contributed by atoms with Crippen LogP contribution in [0.15, 0.2) is 59.7 Å². The zero-order valence-corrected chi connectivity index (χ0v) is 17.2. The van der Waals surface area contributed by atoms with Crippen LogP contribution in [0.25, 0.3) is 16.7 Å². The fourth-order valence-electron chi connectivity index (χ4n) is 3.22. The van der Waals surface area contributed by atoms with E-state index in [1.54, 1.807) is 53.4 Å². The first kappa shape index (κ1) is 20.6. The summed E-state index contributed by atoms with van der Waals surface area (Å²) in [6, 6.07) is 11.1. The number of hydrogen-bond donors (Lipinski definition) is 3. The summed E-state index contributed by atoms with van der Waals surface area (Å²) >= 11 is 12.3. The second kappa shape index (κ2) is 8.25. The summed E-state index contributed by atoms with van der Waals surface area (Å²) in [6.07, 6.45) is 3.24. The molecule has 10 heteroatoms. The molecule has 3 heterocycles. The number of pyridine rings is 2. The highest BCUT2D eigenvalue weighted by Gasteiger charge is 2.16. The van der Waals surface area contributed by atoms with E-state index in [1.807, 2.05) is 0 Å². The van der Waals surface area contributed by atoms with Gasteiger partial charge in [-0.1, -0.05) is 23.2 Å². The molecule has 31 heavy (non-hydrogen) atoms. The van der Waals surface area contributed by atoms with Gasteiger partial charge in [0.05, 0.1) is 10.5 Å². The maximum atomic E-state index is 12.8. The monoisotopic (exact) mass is 456 g/mol. The van der Waals surface area contributed by atoms with Gasteiger partial charge in [0.1, 0.15) is 11.3 Å². The first-order valence-corrected chi connectivity index (χ1v) is 9.76. The van der Waals surface area contributed by atoms with Gasteiger partial charge in [-0.05, 0) is 48.0 Å². The molecule has 1 amide bonds. The van der Waals surface area contributed by atoms with Crippen LogP contribution in [0.2, 0.25) is 10.0 Å². The van der Waals surface area contributed by atoms with Gasteiger partial charge in [-0.3, -0.25) is 14.2 Å².